The van der Waals surface area contributed by atoms with Crippen LogP contribution in [0.3, 0.4) is 0 Å². The van der Waals surface area contributed by atoms with Crippen LogP contribution >= 0.6 is 11.8 Å². The van der Waals surface area contributed by atoms with Gasteiger partial charge >= 0.3 is 0 Å². The minimum absolute atomic E-state index is 0.688. The molecule has 1 aromatic rings. The van der Waals surface area contributed by atoms with Crippen molar-refractivity contribution in [3.63, 3.8) is 0 Å². The zero-order valence-corrected chi connectivity index (χ0v) is 14.7. The number of rotatable bonds is 6. The summed E-state index contributed by atoms with van der Waals surface area (Å²) < 4.78 is 1.89. The van der Waals surface area contributed by atoms with Crippen molar-refractivity contribution < 1.29 is 0 Å². The number of nitrogens with zero attached hydrogens (tertiary/aromatic N) is 4. The average molecular weight is 321 g/mol. The molecule has 0 aromatic carbocycles. The number of hydrogen-bond donors (Lipinski definition) is 0. The molecule has 0 N–H and O–H groups in total. The maximum absolute atomic E-state index is 4.41. The van der Waals surface area contributed by atoms with E-state index in [-0.39, 0.29) is 0 Å². The van der Waals surface area contributed by atoms with Crippen molar-refractivity contribution in [3.8, 4) is 0 Å². The van der Waals surface area contributed by atoms with Gasteiger partial charge in [-0.3, -0.25) is 9.80 Å². The van der Waals surface area contributed by atoms with Crippen molar-refractivity contribution in [1.82, 2.24) is 19.6 Å². The third-order valence-corrected chi connectivity index (χ3v) is 5.90. The minimum atomic E-state index is 0.688. The standard InChI is InChI=1S/C17H28N4S/c1-4-21-14(2)15(10-18-21)11-20-13-16-6-5-8-19(16)12-17(20)7-9-22-3/h4,10,16-17H,1,5-9,11-13H2,2-3H3/t16-,17-/m0/s1. The van der Waals surface area contributed by atoms with Crippen molar-refractivity contribution in [1.29, 1.82) is 0 Å². The number of aromatic nitrogens is 2. The lowest BCUT2D eigenvalue weighted by Crippen LogP contribution is -2.55. The van der Waals surface area contributed by atoms with E-state index in [0.717, 1.165) is 12.6 Å². The molecule has 3 heterocycles. The molecule has 2 atom stereocenters. The topological polar surface area (TPSA) is 24.3 Å². The molecule has 3 rings (SSSR count). The molecule has 2 fully saturated rings. The van der Waals surface area contributed by atoms with Gasteiger partial charge in [0.25, 0.3) is 0 Å². The molecule has 2 aliphatic heterocycles. The second-order valence-electron chi connectivity index (χ2n) is 6.54. The van der Waals surface area contributed by atoms with Crippen LogP contribution in [0.1, 0.15) is 30.5 Å². The highest BCUT2D eigenvalue weighted by atomic mass is 32.2. The first-order chi connectivity index (χ1) is 10.7. The Morgan fingerprint density at radius 2 is 2.32 bits per heavy atom. The van der Waals surface area contributed by atoms with Gasteiger partial charge in [-0.1, -0.05) is 6.58 Å². The Bertz CT molecular complexity index is 513. The van der Waals surface area contributed by atoms with Crippen LogP contribution < -0.4 is 0 Å². The summed E-state index contributed by atoms with van der Waals surface area (Å²) in [5, 5.41) is 4.41. The first kappa shape index (κ1) is 16.1. The number of piperazine rings is 1. The van der Waals surface area contributed by atoms with Crippen LogP contribution in [0.15, 0.2) is 12.8 Å². The van der Waals surface area contributed by atoms with Crippen molar-refractivity contribution >= 4 is 18.0 Å². The molecule has 2 saturated heterocycles. The van der Waals surface area contributed by atoms with Gasteiger partial charge < -0.3 is 0 Å². The van der Waals surface area contributed by atoms with E-state index in [2.05, 4.69) is 34.7 Å². The maximum atomic E-state index is 4.41. The Kier molecular flexibility index (Phi) is 5.26. The molecule has 2 aliphatic rings. The van der Waals surface area contributed by atoms with Gasteiger partial charge in [0.1, 0.15) is 0 Å². The molecule has 0 radical (unpaired) electrons. The lowest BCUT2D eigenvalue weighted by Gasteiger charge is -2.43. The summed E-state index contributed by atoms with van der Waals surface area (Å²) in [6, 6.07) is 1.47. The van der Waals surface area contributed by atoms with E-state index in [4.69, 9.17) is 0 Å². The molecule has 0 saturated carbocycles. The van der Waals surface area contributed by atoms with Crippen LogP contribution in [0, 0.1) is 6.92 Å². The highest BCUT2D eigenvalue weighted by Crippen LogP contribution is 2.28. The Morgan fingerprint density at radius 3 is 3.05 bits per heavy atom. The Morgan fingerprint density at radius 1 is 1.45 bits per heavy atom. The Hall–Kier alpha value is -0.780. The fourth-order valence-corrected chi connectivity index (χ4v) is 4.39. The van der Waals surface area contributed by atoms with E-state index in [0.29, 0.717) is 6.04 Å². The van der Waals surface area contributed by atoms with E-state index < -0.39 is 0 Å². The van der Waals surface area contributed by atoms with Gasteiger partial charge in [-0.25, -0.2) is 4.68 Å². The second kappa shape index (κ2) is 7.20. The minimum Gasteiger partial charge on any atom is -0.298 e. The molecule has 122 valence electrons. The van der Waals surface area contributed by atoms with Crippen LogP contribution in [-0.2, 0) is 6.54 Å². The molecular weight excluding hydrogens is 292 g/mol. The predicted molar refractivity (Wildman–Crippen MR) is 95.1 cm³/mol. The summed E-state index contributed by atoms with van der Waals surface area (Å²) in [6.45, 7) is 10.8. The summed E-state index contributed by atoms with van der Waals surface area (Å²) in [4.78, 5) is 5.43. The zero-order valence-electron chi connectivity index (χ0n) is 13.9. The lowest BCUT2D eigenvalue weighted by molar-refractivity contribution is 0.0441. The lowest BCUT2D eigenvalue weighted by atomic mass is 10.0. The summed E-state index contributed by atoms with van der Waals surface area (Å²) in [5.41, 5.74) is 2.58. The zero-order chi connectivity index (χ0) is 15.5. The maximum Gasteiger partial charge on any atom is 0.0541 e. The summed E-state index contributed by atoms with van der Waals surface area (Å²) in [6.07, 6.45) is 10.1. The van der Waals surface area contributed by atoms with E-state index >= 15 is 0 Å². The van der Waals surface area contributed by atoms with Gasteiger partial charge in [-0.05, 0) is 44.7 Å². The monoisotopic (exact) mass is 320 g/mol. The molecule has 0 spiro atoms. The smallest absolute Gasteiger partial charge is 0.0541 e. The first-order valence-corrected chi connectivity index (χ1v) is 9.75. The van der Waals surface area contributed by atoms with Crippen molar-refractivity contribution in [2.45, 2.75) is 44.8 Å². The molecule has 4 nitrogen and oxygen atoms in total. The fraction of sp³-hybridized carbons (Fsp3) is 0.706. The first-order valence-electron chi connectivity index (χ1n) is 8.35. The molecule has 0 bridgehead atoms. The molecule has 22 heavy (non-hydrogen) atoms. The third kappa shape index (κ3) is 3.26. The summed E-state index contributed by atoms with van der Waals surface area (Å²) >= 11 is 1.96. The molecule has 1 aromatic heterocycles. The second-order valence-corrected chi connectivity index (χ2v) is 7.52. The van der Waals surface area contributed by atoms with Gasteiger partial charge in [-0.15, -0.1) is 0 Å². The normalized spacial score (nSPS) is 26.3. The fourth-order valence-electron chi connectivity index (χ4n) is 3.89. The largest absolute Gasteiger partial charge is 0.298 e. The molecular formula is C17H28N4S. The van der Waals surface area contributed by atoms with Crippen LogP contribution in [0.5, 0.6) is 0 Å². The average Bonchev–Trinajstić information content (AvgIpc) is 3.11. The molecule has 0 aliphatic carbocycles. The summed E-state index contributed by atoms with van der Waals surface area (Å²) in [7, 11) is 0. The van der Waals surface area contributed by atoms with Crippen molar-refractivity contribution in [2.24, 2.45) is 0 Å². The molecule has 0 amide bonds. The van der Waals surface area contributed by atoms with Gasteiger partial charge in [0.15, 0.2) is 0 Å². The Labute approximate surface area is 138 Å². The summed E-state index contributed by atoms with van der Waals surface area (Å²) in [5.74, 6) is 1.25. The van der Waals surface area contributed by atoms with Crippen LogP contribution in [0.4, 0.5) is 0 Å². The van der Waals surface area contributed by atoms with Crippen molar-refractivity contribution in [3.05, 3.63) is 24.0 Å². The number of fused-ring (bicyclic) bond motifs is 1. The van der Waals surface area contributed by atoms with Crippen LogP contribution in [-0.4, -0.2) is 63.3 Å². The van der Waals surface area contributed by atoms with Crippen LogP contribution in [0.2, 0.25) is 0 Å². The van der Waals surface area contributed by atoms with E-state index in [1.165, 1.54) is 55.9 Å². The highest BCUT2D eigenvalue weighted by Gasteiger charge is 2.36. The molecule has 0 unspecified atom stereocenters. The van der Waals surface area contributed by atoms with Gasteiger partial charge in [0, 0.05) is 49.2 Å². The Balaban J connectivity index is 1.72. The third-order valence-electron chi connectivity index (χ3n) is 5.25. The van der Waals surface area contributed by atoms with E-state index in [1.54, 1.807) is 6.20 Å². The predicted octanol–water partition coefficient (Wildman–Crippen LogP) is 2.69. The number of thioether (sulfide) groups is 1. The van der Waals surface area contributed by atoms with Crippen molar-refractivity contribution in [2.75, 3.05) is 31.6 Å². The van der Waals surface area contributed by atoms with E-state index in [1.807, 2.05) is 22.6 Å². The highest BCUT2D eigenvalue weighted by molar-refractivity contribution is 7.98. The quantitative estimate of drug-likeness (QED) is 0.804. The SMILES string of the molecule is C=Cn1ncc(CN2C[C@@H]3CCCN3C[C@@H]2CCSC)c1C. The van der Waals surface area contributed by atoms with Gasteiger partial charge in [0.05, 0.1) is 6.20 Å². The van der Waals surface area contributed by atoms with E-state index in [9.17, 15) is 0 Å². The number of hydrogen-bond acceptors (Lipinski definition) is 4. The molecule has 5 heteroatoms. The van der Waals surface area contributed by atoms with Crippen LogP contribution in [0.25, 0.3) is 6.20 Å². The van der Waals surface area contributed by atoms with Gasteiger partial charge in [0.2, 0.25) is 0 Å². The van der Waals surface area contributed by atoms with Gasteiger partial charge in [-0.2, -0.15) is 16.9 Å².